The lowest BCUT2D eigenvalue weighted by atomic mass is 10.1. The number of allylic oxidation sites excluding steroid dienone is 38. The van der Waals surface area contributed by atoms with Gasteiger partial charge in [0.05, 0.1) is 34.4 Å². The first-order valence-corrected chi connectivity index (χ1v) is 34.5. The van der Waals surface area contributed by atoms with Crippen molar-refractivity contribution < 1.29 is 42.9 Å². The molecule has 0 rings (SSSR count). The highest BCUT2D eigenvalue weighted by Crippen LogP contribution is 2.12. The van der Waals surface area contributed by atoms with Gasteiger partial charge in [0.2, 0.25) is 0 Å². The minimum absolute atomic E-state index is 0.162. The molecule has 0 fully saturated rings. The fourth-order valence-corrected chi connectivity index (χ4v) is 8.21. The summed E-state index contributed by atoms with van der Waals surface area (Å²) in [7, 11) is 5.93. The molecule has 0 bridgehead atoms. The van der Waals surface area contributed by atoms with E-state index in [9.17, 15) is 19.5 Å². The summed E-state index contributed by atoms with van der Waals surface area (Å²) in [6.07, 6.45) is 109. The molecule has 91 heavy (non-hydrogen) atoms. The molecule has 1 N–H and O–H groups in total. The standard InChI is InChI=1S/C82H123NO8/c1-6-8-10-12-14-16-18-20-22-24-26-28-30-32-34-36-37-38-39-40-41-42-43-45-47-49-51-53-55-57-59-61-63-65-67-69-71-73-80(85)91-78(77-90-82(81(86)87)88-75-74-83(3,4)5)76-89-79(84)72-70-68-66-64-62-60-58-56-54-52-50-48-46-44-35-33-31-29-27-25-23-21-19-17-15-13-11-9-7-2/h8-11,14-17,20-23,26-29,32-35,37-38,40-41,43,45-46,48-49,51-52,54-55,57-58,60-61,63,78,82H,6-7,12-13,18-19,24-25,30-31,36,39,42,44,47,50,53,56,59,62,64-77H2,1-5H3/p+1/b10-8-,11-9-,16-14-,17-15-,22-20-,23-21-,28-26-,29-27-,34-32-,35-33-,38-37-,41-40-,45-43-,48-46-,51-49-,54-52-,57-55-,60-58-,63-61-. The van der Waals surface area contributed by atoms with E-state index in [1.165, 1.54) is 0 Å². The molecular formula is C82H124NO8+. The molecular weight excluding hydrogens is 1130 g/mol. The Morgan fingerprint density at radius 1 is 0.330 bits per heavy atom. The first-order valence-electron chi connectivity index (χ1n) is 34.5. The van der Waals surface area contributed by atoms with E-state index in [-0.39, 0.29) is 32.7 Å². The zero-order chi connectivity index (χ0) is 66.1. The lowest BCUT2D eigenvalue weighted by Crippen LogP contribution is -2.40. The number of hydrogen-bond acceptors (Lipinski definition) is 7. The number of carboxylic acid groups (broad SMARTS) is 1. The van der Waals surface area contributed by atoms with Crippen LogP contribution < -0.4 is 0 Å². The number of esters is 2. The van der Waals surface area contributed by atoms with Crippen molar-refractivity contribution in [2.45, 2.75) is 219 Å². The molecule has 504 valence electrons. The Balaban J connectivity index is 4.36. The Morgan fingerprint density at radius 3 is 0.879 bits per heavy atom. The Hall–Kier alpha value is -6.65. The van der Waals surface area contributed by atoms with E-state index in [4.69, 9.17) is 18.9 Å². The largest absolute Gasteiger partial charge is 0.477 e. The number of carbonyl (C=O) groups excluding carboxylic acids is 2. The second-order valence-electron chi connectivity index (χ2n) is 23.0. The monoisotopic (exact) mass is 1250 g/mol. The number of carboxylic acids is 1. The summed E-state index contributed by atoms with van der Waals surface area (Å²) in [6, 6.07) is 0. The van der Waals surface area contributed by atoms with Gasteiger partial charge >= 0.3 is 17.9 Å². The molecule has 0 saturated heterocycles. The molecule has 2 atom stereocenters. The maximum absolute atomic E-state index is 12.9. The molecule has 2 unspecified atom stereocenters. The van der Waals surface area contributed by atoms with E-state index in [2.05, 4.69) is 245 Å². The molecule has 0 aliphatic heterocycles. The van der Waals surface area contributed by atoms with E-state index >= 15 is 0 Å². The normalized spacial score (nSPS) is 14.2. The van der Waals surface area contributed by atoms with Crippen molar-refractivity contribution in [3.05, 3.63) is 231 Å². The minimum Gasteiger partial charge on any atom is -0.477 e. The van der Waals surface area contributed by atoms with Crippen LogP contribution in [0.1, 0.15) is 206 Å². The van der Waals surface area contributed by atoms with Gasteiger partial charge in [-0.05, 0) is 161 Å². The maximum Gasteiger partial charge on any atom is 0.361 e. The van der Waals surface area contributed by atoms with Crippen molar-refractivity contribution in [1.82, 2.24) is 0 Å². The van der Waals surface area contributed by atoms with E-state index in [0.717, 1.165) is 167 Å². The molecule has 0 heterocycles. The van der Waals surface area contributed by atoms with Crippen LogP contribution in [0.2, 0.25) is 0 Å². The second kappa shape index (κ2) is 69.2. The summed E-state index contributed by atoms with van der Waals surface area (Å²) >= 11 is 0. The van der Waals surface area contributed by atoms with Gasteiger partial charge in [-0.1, -0.05) is 264 Å². The number of aliphatic carboxylic acids is 1. The van der Waals surface area contributed by atoms with E-state index in [1.54, 1.807) is 0 Å². The Bertz CT molecular complexity index is 2350. The van der Waals surface area contributed by atoms with Crippen LogP contribution in [0.3, 0.4) is 0 Å². The molecule has 0 radical (unpaired) electrons. The van der Waals surface area contributed by atoms with Gasteiger partial charge in [0.25, 0.3) is 6.29 Å². The molecule has 9 heteroatoms. The Morgan fingerprint density at radius 2 is 0.593 bits per heavy atom. The zero-order valence-corrected chi connectivity index (χ0v) is 57.4. The van der Waals surface area contributed by atoms with Crippen molar-refractivity contribution >= 4 is 17.9 Å². The molecule has 0 aliphatic rings. The quantitative estimate of drug-likeness (QED) is 0.0211. The van der Waals surface area contributed by atoms with Gasteiger partial charge in [-0.25, -0.2) is 4.79 Å². The zero-order valence-electron chi connectivity index (χ0n) is 57.4. The fraction of sp³-hybridized carbons (Fsp3) is 0.500. The summed E-state index contributed by atoms with van der Waals surface area (Å²) in [4.78, 5) is 37.6. The Labute approximate surface area is 555 Å². The number of hydrogen-bond donors (Lipinski definition) is 1. The van der Waals surface area contributed by atoms with Crippen LogP contribution in [-0.2, 0) is 33.3 Å². The number of nitrogens with zero attached hydrogens (tertiary/aromatic N) is 1. The van der Waals surface area contributed by atoms with Crippen molar-refractivity contribution in [2.75, 3.05) is 47.5 Å². The molecule has 0 amide bonds. The van der Waals surface area contributed by atoms with Crippen LogP contribution in [0.4, 0.5) is 0 Å². The highest BCUT2D eigenvalue weighted by molar-refractivity contribution is 5.71. The van der Waals surface area contributed by atoms with Gasteiger partial charge in [0.15, 0.2) is 6.10 Å². The summed E-state index contributed by atoms with van der Waals surface area (Å²) in [5.74, 6) is -2.12. The van der Waals surface area contributed by atoms with Crippen molar-refractivity contribution in [3.63, 3.8) is 0 Å². The van der Waals surface area contributed by atoms with E-state index in [1.807, 2.05) is 21.1 Å². The predicted octanol–water partition coefficient (Wildman–Crippen LogP) is 21.9. The van der Waals surface area contributed by atoms with Gasteiger partial charge in [-0.3, -0.25) is 9.59 Å². The topological polar surface area (TPSA) is 108 Å². The molecule has 0 aromatic rings. The number of rotatable bonds is 60. The van der Waals surface area contributed by atoms with Crippen LogP contribution in [0.15, 0.2) is 231 Å². The van der Waals surface area contributed by atoms with Crippen LogP contribution in [0, 0.1) is 0 Å². The molecule has 0 spiro atoms. The molecule has 0 aromatic carbocycles. The number of carbonyl (C=O) groups is 3. The molecule has 0 aliphatic carbocycles. The summed E-state index contributed by atoms with van der Waals surface area (Å²) in [5, 5.41) is 9.74. The average molecular weight is 1250 g/mol. The van der Waals surface area contributed by atoms with Crippen molar-refractivity contribution in [3.8, 4) is 0 Å². The summed E-state index contributed by atoms with van der Waals surface area (Å²) in [6.45, 7) is 4.53. The SMILES string of the molecule is CC/C=C\C/C=C\C/C=C\C/C=C\C/C=C\C/C=C\C/C=C\C/C=C\C/C=C\C/C=C\C/C=C\CCCCCC(=O)OC(COC(=O)CCCCCC/C=C\C/C=C\C/C=C\C/C=C\C/C=C\C/C=C\C/C=C\C/C=C\CC)COC(OCC[N+](C)(C)C)C(=O)O. The van der Waals surface area contributed by atoms with Gasteiger partial charge in [-0.2, -0.15) is 0 Å². The summed E-state index contributed by atoms with van der Waals surface area (Å²) in [5.41, 5.74) is 0. The van der Waals surface area contributed by atoms with Gasteiger partial charge in [0, 0.05) is 12.8 Å². The second-order valence-corrected chi connectivity index (χ2v) is 23.0. The number of ether oxygens (including phenoxy) is 4. The predicted molar refractivity (Wildman–Crippen MR) is 391 cm³/mol. The highest BCUT2D eigenvalue weighted by Gasteiger charge is 2.25. The Kier molecular flexibility index (Phi) is 64.2. The first kappa shape index (κ1) is 84.4. The number of likely N-dealkylation sites (N-methyl/N-ethyl adjacent to an activating group) is 1. The van der Waals surface area contributed by atoms with E-state index in [0.29, 0.717) is 23.9 Å². The van der Waals surface area contributed by atoms with Crippen molar-refractivity contribution in [2.24, 2.45) is 0 Å². The lowest BCUT2D eigenvalue weighted by molar-refractivity contribution is -0.870. The summed E-state index contributed by atoms with van der Waals surface area (Å²) < 4.78 is 22.9. The maximum atomic E-state index is 12.9. The van der Waals surface area contributed by atoms with Gasteiger partial charge in [0.1, 0.15) is 13.2 Å². The molecule has 0 saturated carbocycles. The molecule has 9 nitrogen and oxygen atoms in total. The van der Waals surface area contributed by atoms with Crippen LogP contribution >= 0.6 is 0 Å². The van der Waals surface area contributed by atoms with Gasteiger partial charge in [-0.15, -0.1) is 0 Å². The number of unbranched alkanes of at least 4 members (excludes halogenated alkanes) is 7. The highest BCUT2D eigenvalue weighted by atomic mass is 16.7. The van der Waals surface area contributed by atoms with E-state index < -0.39 is 30.3 Å². The lowest BCUT2D eigenvalue weighted by Gasteiger charge is -2.25. The van der Waals surface area contributed by atoms with Crippen LogP contribution in [0.25, 0.3) is 0 Å². The van der Waals surface area contributed by atoms with Crippen LogP contribution in [-0.4, -0.2) is 87.4 Å². The van der Waals surface area contributed by atoms with Gasteiger partial charge < -0.3 is 28.5 Å². The first-order chi connectivity index (χ1) is 44.6. The third kappa shape index (κ3) is 70.7. The smallest absolute Gasteiger partial charge is 0.361 e. The van der Waals surface area contributed by atoms with Crippen molar-refractivity contribution in [1.29, 1.82) is 0 Å². The third-order valence-corrected chi connectivity index (χ3v) is 13.4. The average Bonchev–Trinajstić information content (AvgIpc) is 3.50. The fourth-order valence-electron chi connectivity index (χ4n) is 8.21. The third-order valence-electron chi connectivity index (χ3n) is 13.4. The minimum atomic E-state index is -1.54. The molecule has 0 aromatic heterocycles. The number of quaternary nitrogens is 1. The van der Waals surface area contributed by atoms with Crippen LogP contribution in [0.5, 0.6) is 0 Å².